The average molecular weight is 244 g/mol. The zero-order valence-corrected chi connectivity index (χ0v) is 8.98. The van der Waals surface area contributed by atoms with Gasteiger partial charge in [-0.25, -0.2) is 4.98 Å². The van der Waals surface area contributed by atoms with Crippen LogP contribution in [-0.2, 0) is 10.0 Å². The van der Waals surface area contributed by atoms with E-state index in [1.165, 1.54) is 12.1 Å². The van der Waals surface area contributed by atoms with Crippen LogP contribution in [0.25, 0.3) is 0 Å². The predicted octanol–water partition coefficient (Wildman–Crippen LogP) is 1.17. The molecule has 7 heteroatoms. The molecule has 0 aliphatic carbocycles. The van der Waals surface area contributed by atoms with Gasteiger partial charge in [-0.15, -0.1) is 9.19 Å². The van der Waals surface area contributed by atoms with E-state index in [9.17, 15) is 8.42 Å². The first kappa shape index (κ1) is 10.1. The maximum absolute atomic E-state index is 11.9. The zero-order chi connectivity index (χ0) is 10.9. The Balaban J connectivity index is 2.62. The molecule has 1 aromatic carbocycles. The Morgan fingerprint density at radius 3 is 2.60 bits per heavy atom. The molecular weight excluding hydrogens is 238 g/mol. The number of rotatable bonds is 2. The van der Waals surface area contributed by atoms with Crippen molar-refractivity contribution in [1.82, 2.24) is 14.2 Å². The van der Waals surface area contributed by atoms with Crippen LogP contribution in [0.4, 0.5) is 0 Å². The van der Waals surface area contributed by atoms with Crippen molar-refractivity contribution in [2.24, 2.45) is 0 Å². The molecule has 1 heterocycles. The smallest absolute Gasteiger partial charge is 0.222 e. The molecular formula is C8H6ClN3O2S. The summed E-state index contributed by atoms with van der Waals surface area (Å²) >= 11 is 5.78. The van der Waals surface area contributed by atoms with Crippen LogP contribution in [0.1, 0.15) is 0 Å². The number of benzene rings is 1. The Hall–Kier alpha value is -1.40. The van der Waals surface area contributed by atoms with Crippen LogP contribution in [0.2, 0.25) is 5.02 Å². The number of hydrogen-bond acceptors (Lipinski definition) is 4. The third-order valence-corrected chi connectivity index (χ3v) is 3.79. The normalized spacial score (nSPS) is 11.5. The lowest BCUT2D eigenvalue weighted by molar-refractivity contribution is 0.580. The highest BCUT2D eigenvalue weighted by atomic mass is 35.5. The molecule has 0 bridgehead atoms. The van der Waals surface area contributed by atoms with Gasteiger partial charge in [-0.05, 0) is 12.1 Å². The quantitative estimate of drug-likeness (QED) is 0.794. The third kappa shape index (κ3) is 1.73. The third-order valence-electron chi connectivity index (χ3n) is 1.76. The van der Waals surface area contributed by atoms with Crippen LogP contribution in [0.3, 0.4) is 0 Å². The molecule has 0 unspecified atom stereocenters. The maximum atomic E-state index is 11.9. The molecule has 2 rings (SSSR count). The van der Waals surface area contributed by atoms with E-state index in [2.05, 4.69) is 10.1 Å². The summed E-state index contributed by atoms with van der Waals surface area (Å²) in [5.74, 6) is 0. The molecule has 0 aliphatic heterocycles. The van der Waals surface area contributed by atoms with Gasteiger partial charge in [0.25, 0.3) is 10.0 Å². The second-order valence-electron chi connectivity index (χ2n) is 2.70. The van der Waals surface area contributed by atoms with Gasteiger partial charge in [0.05, 0.1) is 5.02 Å². The molecule has 0 aliphatic rings. The molecule has 0 N–H and O–H groups in total. The second-order valence-corrected chi connectivity index (χ2v) is 4.87. The van der Waals surface area contributed by atoms with Gasteiger partial charge < -0.3 is 0 Å². The minimum atomic E-state index is -3.72. The highest BCUT2D eigenvalue weighted by Gasteiger charge is 2.19. The van der Waals surface area contributed by atoms with E-state index in [0.717, 1.165) is 16.7 Å². The summed E-state index contributed by atoms with van der Waals surface area (Å²) in [4.78, 5) is 3.58. The van der Waals surface area contributed by atoms with Crippen LogP contribution >= 0.6 is 11.6 Å². The summed E-state index contributed by atoms with van der Waals surface area (Å²) in [7, 11) is -3.72. The van der Waals surface area contributed by atoms with Crippen molar-refractivity contribution in [1.29, 1.82) is 0 Å². The van der Waals surface area contributed by atoms with Crippen molar-refractivity contribution in [2.45, 2.75) is 4.90 Å². The van der Waals surface area contributed by atoms with Gasteiger partial charge in [0, 0.05) is 0 Å². The van der Waals surface area contributed by atoms with E-state index in [1.807, 2.05) is 0 Å². The van der Waals surface area contributed by atoms with E-state index < -0.39 is 10.0 Å². The van der Waals surface area contributed by atoms with Gasteiger partial charge in [-0.3, -0.25) is 0 Å². The van der Waals surface area contributed by atoms with Gasteiger partial charge in [-0.1, -0.05) is 23.7 Å². The van der Waals surface area contributed by atoms with Gasteiger partial charge in [-0.2, -0.15) is 8.42 Å². The van der Waals surface area contributed by atoms with Crippen molar-refractivity contribution in [3.8, 4) is 0 Å². The maximum Gasteiger partial charge on any atom is 0.285 e. The van der Waals surface area contributed by atoms with Crippen molar-refractivity contribution in [2.75, 3.05) is 0 Å². The molecule has 0 amide bonds. The first-order valence-corrected chi connectivity index (χ1v) is 5.79. The van der Waals surface area contributed by atoms with Crippen molar-refractivity contribution in [3.05, 3.63) is 41.9 Å². The second kappa shape index (κ2) is 3.63. The lowest BCUT2D eigenvalue weighted by atomic mass is 10.4. The molecule has 15 heavy (non-hydrogen) atoms. The number of hydrogen-bond donors (Lipinski definition) is 0. The molecule has 5 nitrogen and oxygen atoms in total. The minimum Gasteiger partial charge on any atom is -0.222 e. The van der Waals surface area contributed by atoms with Crippen molar-refractivity contribution < 1.29 is 8.42 Å². The van der Waals surface area contributed by atoms with Crippen LogP contribution in [0.15, 0.2) is 41.8 Å². The summed E-state index contributed by atoms with van der Waals surface area (Å²) in [5, 5.41) is 3.72. The number of nitrogens with zero attached hydrogens (tertiary/aromatic N) is 3. The summed E-state index contributed by atoms with van der Waals surface area (Å²) < 4.78 is 24.6. The molecule has 78 valence electrons. The zero-order valence-electron chi connectivity index (χ0n) is 7.41. The molecule has 2 aromatic rings. The fourth-order valence-electron chi connectivity index (χ4n) is 1.08. The highest BCUT2D eigenvalue weighted by Crippen LogP contribution is 2.21. The average Bonchev–Trinajstić information content (AvgIpc) is 2.71. The van der Waals surface area contributed by atoms with Gasteiger partial charge in [0.2, 0.25) is 0 Å². The Bertz CT molecular complexity index is 565. The van der Waals surface area contributed by atoms with E-state index >= 15 is 0 Å². The van der Waals surface area contributed by atoms with Crippen molar-refractivity contribution >= 4 is 21.6 Å². The predicted molar refractivity (Wildman–Crippen MR) is 54.1 cm³/mol. The van der Waals surface area contributed by atoms with E-state index in [4.69, 9.17) is 11.6 Å². The number of aromatic nitrogens is 3. The Morgan fingerprint density at radius 1 is 1.27 bits per heavy atom. The van der Waals surface area contributed by atoms with E-state index in [0.29, 0.717) is 0 Å². The van der Waals surface area contributed by atoms with Gasteiger partial charge >= 0.3 is 0 Å². The molecule has 1 aromatic heterocycles. The van der Waals surface area contributed by atoms with Crippen LogP contribution in [0, 0.1) is 0 Å². The Labute approximate surface area is 91.4 Å². The van der Waals surface area contributed by atoms with Crippen LogP contribution < -0.4 is 0 Å². The largest absolute Gasteiger partial charge is 0.285 e. The van der Waals surface area contributed by atoms with E-state index in [-0.39, 0.29) is 9.92 Å². The summed E-state index contributed by atoms with van der Waals surface area (Å²) in [6.07, 6.45) is 2.26. The molecule has 0 saturated carbocycles. The summed E-state index contributed by atoms with van der Waals surface area (Å²) in [6, 6.07) is 6.17. The molecule has 0 radical (unpaired) electrons. The summed E-state index contributed by atoms with van der Waals surface area (Å²) in [6.45, 7) is 0. The highest BCUT2D eigenvalue weighted by molar-refractivity contribution is 7.90. The first-order valence-electron chi connectivity index (χ1n) is 3.97. The molecule has 0 fully saturated rings. The molecule has 0 atom stereocenters. The Kier molecular flexibility index (Phi) is 2.45. The fourth-order valence-corrected chi connectivity index (χ4v) is 2.62. The first-order chi connectivity index (χ1) is 7.12. The summed E-state index contributed by atoms with van der Waals surface area (Å²) in [5.41, 5.74) is 0. The monoisotopic (exact) mass is 243 g/mol. The lowest BCUT2D eigenvalue weighted by Crippen LogP contribution is -2.13. The standard InChI is InChI=1S/C8H6ClN3O2S/c9-7-3-1-2-4-8(7)15(13,14)12-6-10-5-11-12/h1-6H. The topological polar surface area (TPSA) is 64.8 Å². The Morgan fingerprint density at radius 2 is 2.00 bits per heavy atom. The van der Waals surface area contributed by atoms with Gasteiger partial charge in [0.15, 0.2) is 0 Å². The fraction of sp³-hybridized carbons (Fsp3) is 0. The SMILES string of the molecule is O=S(=O)(c1ccccc1Cl)n1cncn1. The van der Waals surface area contributed by atoms with Crippen molar-refractivity contribution in [3.63, 3.8) is 0 Å². The lowest BCUT2D eigenvalue weighted by Gasteiger charge is -2.04. The molecule has 0 spiro atoms. The van der Waals surface area contributed by atoms with Gasteiger partial charge in [0.1, 0.15) is 17.6 Å². The van der Waals surface area contributed by atoms with Crippen LogP contribution in [0.5, 0.6) is 0 Å². The molecule has 0 saturated heterocycles. The minimum absolute atomic E-state index is 0.0113. The van der Waals surface area contributed by atoms with E-state index in [1.54, 1.807) is 12.1 Å². The van der Waals surface area contributed by atoms with Crippen LogP contribution in [-0.4, -0.2) is 22.6 Å². The number of halogens is 1.